The van der Waals surface area contributed by atoms with Crippen LogP contribution in [0.3, 0.4) is 0 Å². The number of methoxy groups -OCH3 is 1. The average Bonchev–Trinajstić information content (AvgIpc) is 3.35. The van der Waals surface area contributed by atoms with Crippen LogP contribution < -0.4 is 10.1 Å². The Hall–Kier alpha value is -2.41. The van der Waals surface area contributed by atoms with E-state index in [-0.39, 0.29) is 18.0 Å². The van der Waals surface area contributed by atoms with Crippen LogP contribution in [0.1, 0.15) is 37.4 Å². The smallest absolute Gasteiger partial charge is 0.244 e. The second-order valence-corrected chi connectivity index (χ2v) is 6.33. The van der Waals surface area contributed by atoms with Crippen molar-refractivity contribution in [2.45, 2.75) is 31.8 Å². The largest absolute Gasteiger partial charge is 0.497 e. The molecule has 1 N–H and O–H groups in total. The van der Waals surface area contributed by atoms with Crippen molar-refractivity contribution in [1.82, 2.24) is 25.0 Å². The van der Waals surface area contributed by atoms with Crippen molar-refractivity contribution < 1.29 is 9.53 Å². The fourth-order valence-corrected chi connectivity index (χ4v) is 3.24. The number of carbonyl (C=O) groups is 1. The van der Waals surface area contributed by atoms with Gasteiger partial charge in [-0.15, -0.1) is 0 Å². The Morgan fingerprint density at radius 3 is 2.84 bits per heavy atom. The molecule has 7 nitrogen and oxygen atoms in total. The van der Waals surface area contributed by atoms with Crippen LogP contribution in [0.25, 0.3) is 0 Å². The zero-order chi connectivity index (χ0) is 17.6. The number of nitrogens with one attached hydrogen (secondary N) is 1. The van der Waals surface area contributed by atoms with E-state index in [2.05, 4.69) is 32.4 Å². The van der Waals surface area contributed by atoms with E-state index in [4.69, 9.17) is 4.74 Å². The molecule has 1 fully saturated rings. The molecule has 1 aromatic heterocycles. The Morgan fingerprint density at radius 1 is 1.36 bits per heavy atom. The first-order valence-corrected chi connectivity index (χ1v) is 8.69. The highest BCUT2D eigenvalue weighted by Crippen LogP contribution is 2.27. The van der Waals surface area contributed by atoms with Crippen LogP contribution in [-0.2, 0) is 4.79 Å². The van der Waals surface area contributed by atoms with Crippen molar-refractivity contribution in [3.63, 3.8) is 0 Å². The van der Waals surface area contributed by atoms with Crippen LogP contribution in [-0.4, -0.2) is 52.3 Å². The van der Waals surface area contributed by atoms with E-state index in [1.54, 1.807) is 18.1 Å². The highest BCUT2D eigenvalue weighted by atomic mass is 16.5. The second-order valence-electron chi connectivity index (χ2n) is 6.33. The van der Waals surface area contributed by atoms with Gasteiger partial charge >= 0.3 is 0 Å². The number of nitrogens with zero attached hydrogens (tertiary/aromatic N) is 4. The lowest BCUT2D eigenvalue weighted by Crippen LogP contribution is -2.39. The second kappa shape index (κ2) is 8.11. The zero-order valence-electron chi connectivity index (χ0n) is 14.8. The molecule has 1 aliphatic rings. The quantitative estimate of drug-likeness (QED) is 0.830. The molecule has 1 aromatic carbocycles. The molecule has 1 amide bonds. The van der Waals surface area contributed by atoms with Gasteiger partial charge in [-0.2, -0.15) is 5.10 Å². The summed E-state index contributed by atoms with van der Waals surface area (Å²) >= 11 is 0. The van der Waals surface area contributed by atoms with E-state index in [1.165, 1.54) is 19.2 Å². The van der Waals surface area contributed by atoms with Crippen molar-refractivity contribution in [2.24, 2.45) is 0 Å². The molecule has 0 bridgehead atoms. The summed E-state index contributed by atoms with van der Waals surface area (Å²) in [5, 5.41) is 7.11. The number of hydrogen-bond donors (Lipinski definition) is 1. The Kier molecular flexibility index (Phi) is 5.65. The first-order chi connectivity index (χ1) is 12.2. The van der Waals surface area contributed by atoms with E-state index in [0.717, 1.165) is 24.4 Å². The van der Waals surface area contributed by atoms with Crippen LogP contribution in [0.2, 0.25) is 0 Å². The van der Waals surface area contributed by atoms with Gasteiger partial charge in [0.2, 0.25) is 5.91 Å². The monoisotopic (exact) mass is 343 g/mol. The van der Waals surface area contributed by atoms with Crippen molar-refractivity contribution in [3.8, 4) is 5.75 Å². The minimum atomic E-state index is -0.382. The summed E-state index contributed by atoms with van der Waals surface area (Å²) in [6, 6.07) is 7.85. The van der Waals surface area contributed by atoms with E-state index in [1.807, 2.05) is 19.1 Å². The van der Waals surface area contributed by atoms with Gasteiger partial charge < -0.3 is 10.1 Å². The van der Waals surface area contributed by atoms with Crippen LogP contribution >= 0.6 is 0 Å². The minimum absolute atomic E-state index is 0.0578. The molecule has 2 aromatic rings. The highest BCUT2D eigenvalue weighted by Gasteiger charge is 2.25. The molecule has 134 valence electrons. The third-order valence-electron chi connectivity index (χ3n) is 4.74. The molecule has 7 heteroatoms. The molecule has 25 heavy (non-hydrogen) atoms. The topological polar surface area (TPSA) is 72.3 Å². The van der Waals surface area contributed by atoms with E-state index in [9.17, 15) is 4.79 Å². The minimum Gasteiger partial charge on any atom is -0.497 e. The summed E-state index contributed by atoms with van der Waals surface area (Å²) in [7, 11) is 1.67. The van der Waals surface area contributed by atoms with Gasteiger partial charge in [-0.25, -0.2) is 9.67 Å². The molecule has 3 rings (SSSR count). The number of ether oxygens (including phenoxy) is 1. The number of hydrogen-bond acceptors (Lipinski definition) is 5. The molecule has 1 saturated heterocycles. The molecular formula is C18H25N5O2. The van der Waals surface area contributed by atoms with Gasteiger partial charge in [0.1, 0.15) is 24.4 Å². The lowest BCUT2D eigenvalue weighted by molar-refractivity contribution is -0.124. The maximum absolute atomic E-state index is 12.5. The maximum Gasteiger partial charge on any atom is 0.244 e. The summed E-state index contributed by atoms with van der Waals surface area (Å²) < 4.78 is 6.92. The van der Waals surface area contributed by atoms with Gasteiger partial charge in [-0.05, 0) is 50.6 Å². The summed E-state index contributed by atoms with van der Waals surface area (Å²) in [5.41, 5.74) is 1.16. The fourth-order valence-electron chi connectivity index (χ4n) is 3.24. The molecule has 0 spiro atoms. The lowest BCUT2D eigenvalue weighted by atomic mass is 10.0. The predicted molar refractivity (Wildman–Crippen MR) is 94.3 cm³/mol. The number of likely N-dealkylation sites (tertiary alicyclic amines) is 1. The molecule has 0 aliphatic carbocycles. The Bertz CT molecular complexity index is 683. The zero-order valence-corrected chi connectivity index (χ0v) is 14.8. The molecule has 0 saturated carbocycles. The number of rotatable bonds is 7. The van der Waals surface area contributed by atoms with Crippen molar-refractivity contribution in [3.05, 3.63) is 42.5 Å². The van der Waals surface area contributed by atoms with Gasteiger partial charge in [0.25, 0.3) is 0 Å². The SMILES string of the molecule is COc1cccc([C@@H](CNC(=O)[C@@H](C)n2cncn2)N2CCCC2)c1. The summed E-state index contributed by atoms with van der Waals surface area (Å²) in [6.45, 7) is 4.48. The summed E-state index contributed by atoms with van der Waals surface area (Å²) in [5.74, 6) is 0.779. The normalized spacial score (nSPS) is 17.2. The van der Waals surface area contributed by atoms with E-state index >= 15 is 0 Å². The van der Waals surface area contributed by atoms with Crippen LogP contribution in [0.5, 0.6) is 5.75 Å². The predicted octanol–water partition coefficient (Wildman–Crippen LogP) is 1.80. The van der Waals surface area contributed by atoms with Crippen molar-refractivity contribution in [2.75, 3.05) is 26.7 Å². The third-order valence-corrected chi connectivity index (χ3v) is 4.74. The molecule has 2 heterocycles. The summed E-state index contributed by atoms with van der Waals surface area (Å²) in [6.07, 6.45) is 5.39. The molecule has 0 unspecified atom stereocenters. The van der Waals surface area contributed by atoms with Crippen molar-refractivity contribution >= 4 is 5.91 Å². The number of aromatic nitrogens is 3. The number of carbonyl (C=O) groups excluding carboxylic acids is 1. The van der Waals surface area contributed by atoms with Gasteiger partial charge in [0, 0.05) is 6.54 Å². The lowest BCUT2D eigenvalue weighted by Gasteiger charge is -2.29. The Morgan fingerprint density at radius 2 is 2.16 bits per heavy atom. The van der Waals surface area contributed by atoms with Gasteiger partial charge in [0.05, 0.1) is 13.2 Å². The van der Waals surface area contributed by atoms with E-state index in [0.29, 0.717) is 6.54 Å². The third kappa shape index (κ3) is 4.17. The van der Waals surface area contributed by atoms with E-state index < -0.39 is 0 Å². The number of amides is 1. The van der Waals surface area contributed by atoms with Crippen LogP contribution in [0.4, 0.5) is 0 Å². The Balaban J connectivity index is 1.70. The molecule has 1 aliphatic heterocycles. The maximum atomic E-state index is 12.5. The van der Waals surface area contributed by atoms with Crippen LogP contribution in [0, 0.1) is 0 Å². The number of benzene rings is 1. The summed E-state index contributed by atoms with van der Waals surface area (Å²) in [4.78, 5) is 18.8. The molecule has 2 atom stereocenters. The molecular weight excluding hydrogens is 318 g/mol. The van der Waals surface area contributed by atoms with Gasteiger partial charge in [0.15, 0.2) is 0 Å². The van der Waals surface area contributed by atoms with Crippen molar-refractivity contribution in [1.29, 1.82) is 0 Å². The first-order valence-electron chi connectivity index (χ1n) is 8.69. The van der Waals surface area contributed by atoms with Gasteiger partial charge in [-0.3, -0.25) is 9.69 Å². The van der Waals surface area contributed by atoms with Gasteiger partial charge in [-0.1, -0.05) is 12.1 Å². The standard InChI is InChI=1S/C18H25N5O2/c1-14(23-13-19-12-21-23)18(24)20-11-17(22-8-3-4-9-22)15-6-5-7-16(10-15)25-2/h5-7,10,12-14,17H,3-4,8-9,11H2,1-2H3,(H,20,24)/t14-,17-/m1/s1. The van der Waals surface area contributed by atoms with Crippen LogP contribution in [0.15, 0.2) is 36.9 Å². The highest BCUT2D eigenvalue weighted by molar-refractivity contribution is 5.79. The molecule has 0 radical (unpaired) electrons. The Labute approximate surface area is 148 Å². The average molecular weight is 343 g/mol. The first kappa shape index (κ1) is 17.4. The fraction of sp³-hybridized carbons (Fsp3) is 0.500.